The molecule has 8 heteroatoms. The largest absolute Gasteiger partial charge is 0.469 e. The van der Waals surface area contributed by atoms with Gasteiger partial charge in [-0.3, -0.25) is 4.90 Å². The van der Waals surface area contributed by atoms with Crippen molar-refractivity contribution < 1.29 is 13.9 Å². The summed E-state index contributed by atoms with van der Waals surface area (Å²) < 4.78 is 16.8. The van der Waals surface area contributed by atoms with E-state index in [2.05, 4.69) is 39.8 Å². The van der Waals surface area contributed by atoms with Crippen molar-refractivity contribution in [1.29, 1.82) is 0 Å². The monoisotopic (exact) mass is 568 g/mol. The summed E-state index contributed by atoms with van der Waals surface area (Å²) in [5.41, 5.74) is 2.60. The van der Waals surface area contributed by atoms with Crippen molar-refractivity contribution in [3.05, 3.63) is 59.5 Å². The van der Waals surface area contributed by atoms with Gasteiger partial charge in [-0.25, -0.2) is 4.99 Å². The molecule has 3 heterocycles. The van der Waals surface area contributed by atoms with Gasteiger partial charge in [0.2, 0.25) is 0 Å². The van der Waals surface area contributed by atoms with Crippen LogP contribution < -0.4 is 10.6 Å². The zero-order chi connectivity index (χ0) is 21.8. The van der Waals surface area contributed by atoms with Gasteiger partial charge in [0.15, 0.2) is 5.96 Å². The summed E-state index contributed by atoms with van der Waals surface area (Å²) in [6, 6.07) is 12.5. The smallest absolute Gasteiger partial charge is 0.191 e. The molecule has 1 unspecified atom stereocenters. The highest BCUT2D eigenvalue weighted by Gasteiger charge is 2.15. The predicted molar refractivity (Wildman–Crippen MR) is 141 cm³/mol. The lowest BCUT2D eigenvalue weighted by molar-refractivity contribution is 0.0194. The van der Waals surface area contributed by atoms with E-state index in [0.717, 1.165) is 77.1 Å². The van der Waals surface area contributed by atoms with E-state index >= 15 is 0 Å². The van der Waals surface area contributed by atoms with E-state index in [1.807, 2.05) is 12.1 Å². The maximum atomic E-state index is 5.88. The molecule has 2 saturated heterocycles. The summed E-state index contributed by atoms with van der Waals surface area (Å²) in [5.74, 6) is 1.80. The molecule has 0 bridgehead atoms. The number of hydrogen-bond donors (Lipinski definition) is 2. The number of guanidine groups is 1. The van der Waals surface area contributed by atoms with E-state index in [-0.39, 0.29) is 30.1 Å². The number of rotatable bonds is 9. The Hall–Kier alpha value is -1.62. The summed E-state index contributed by atoms with van der Waals surface area (Å²) in [4.78, 5) is 7.37. The second-order valence-corrected chi connectivity index (χ2v) is 8.45. The highest BCUT2D eigenvalue weighted by atomic mass is 127. The summed E-state index contributed by atoms with van der Waals surface area (Å²) in [6.07, 6.45) is 6.30. The lowest BCUT2D eigenvalue weighted by atomic mass is 10.1. The first-order valence-electron chi connectivity index (χ1n) is 11.9. The number of furan rings is 1. The second kappa shape index (κ2) is 14.6. The van der Waals surface area contributed by atoms with Gasteiger partial charge in [-0.1, -0.05) is 24.3 Å². The van der Waals surface area contributed by atoms with Crippen molar-refractivity contribution in [3.8, 4) is 0 Å². The van der Waals surface area contributed by atoms with Crippen LogP contribution in [0.2, 0.25) is 0 Å². The first-order chi connectivity index (χ1) is 15.9. The molecule has 0 radical (unpaired) electrons. The predicted octanol–water partition coefficient (Wildman–Crippen LogP) is 3.58. The molecule has 182 valence electrons. The molecule has 0 aliphatic carbocycles. The normalized spacial score (nSPS) is 19.6. The van der Waals surface area contributed by atoms with E-state index in [9.17, 15) is 0 Å². The van der Waals surface area contributed by atoms with Gasteiger partial charge in [0.05, 0.1) is 32.1 Å². The average molecular weight is 569 g/mol. The van der Waals surface area contributed by atoms with Crippen LogP contribution >= 0.6 is 24.0 Å². The molecule has 0 amide bonds. The van der Waals surface area contributed by atoms with Crippen LogP contribution in [0.15, 0.2) is 52.1 Å². The molecular weight excluding hydrogens is 531 g/mol. The topological polar surface area (TPSA) is 71.3 Å². The highest BCUT2D eigenvalue weighted by molar-refractivity contribution is 14.0. The Morgan fingerprint density at radius 3 is 2.61 bits per heavy atom. The number of morpholine rings is 1. The van der Waals surface area contributed by atoms with Crippen LogP contribution in [0.3, 0.4) is 0 Å². The quantitative estimate of drug-likeness (QED) is 0.274. The third-order valence-electron chi connectivity index (χ3n) is 6.04. The number of ether oxygens (including phenoxy) is 2. The lowest BCUT2D eigenvalue weighted by Crippen LogP contribution is -2.43. The van der Waals surface area contributed by atoms with Crippen LogP contribution in [0.25, 0.3) is 0 Å². The SMILES string of the molecule is I.c1coc(CCNC(=NCc2ccccc2CN2CCOCC2)NCC2CCCCO2)c1. The van der Waals surface area contributed by atoms with E-state index < -0.39 is 0 Å². The van der Waals surface area contributed by atoms with Gasteiger partial charge in [-0.05, 0) is 42.5 Å². The maximum Gasteiger partial charge on any atom is 0.191 e. The highest BCUT2D eigenvalue weighted by Crippen LogP contribution is 2.15. The number of nitrogens with one attached hydrogen (secondary N) is 2. The summed E-state index contributed by atoms with van der Waals surface area (Å²) in [5, 5.41) is 6.96. The van der Waals surface area contributed by atoms with Crippen molar-refractivity contribution >= 4 is 29.9 Å². The molecule has 1 aromatic heterocycles. The van der Waals surface area contributed by atoms with Gasteiger partial charge in [-0.15, -0.1) is 24.0 Å². The number of aliphatic imine (C=N–C) groups is 1. The second-order valence-electron chi connectivity index (χ2n) is 8.45. The van der Waals surface area contributed by atoms with Crippen LogP contribution in [-0.4, -0.2) is 63.0 Å². The molecule has 2 aliphatic heterocycles. The Morgan fingerprint density at radius 1 is 1.00 bits per heavy atom. The fourth-order valence-electron chi connectivity index (χ4n) is 4.14. The molecule has 0 saturated carbocycles. The van der Waals surface area contributed by atoms with Crippen LogP contribution in [-0.2, 0) is 29.0 Å². The minimum Gasteiger partial charge on any atom is -0.469 e. The third kappa shape index (κ3) is 8.92. The zero-order valence-corrected chi connectivity index (χ0v) is 21.7. The van der Waals surface area contributed by atoms with Gasteiger partial charge in [0, 0.05) is 45.8 Å². The molecule has 2 aromatic rings. The Labute approximate surface area is 214 Å². The standard InChI is InChI=1S/C25H36N4O3.HI/c1-2-7-22(20-29-12-16-30-17-13-29)21(6-1)18-27-25(26-11-10-23-9-5-15-31-23)28-19-24-8-3-4-14-32-24;/h1-2,5-7,9,15,24H,3-4,8,10-14,16-20H2,(H2,26,27,28);1H. The van der Waals surface area contributed by atoms with Crippen molar-refractivity contribution in [3.63, 3.8) is 0 Å². The number of nitrogens with zero attached hydrogens (tertiary/aromatic N) is 2. The first-order valence-corrected chi connectivity index (χ1v) is 11.9. The van der Waals surface area contributed by atoms with Gasteiger partial charge in [0.1, 0.15) is 5.76 Å². The molecule has 1 aromatic carbocycles. The van der Waals surface area contributed by atoms with Crippen molar-refractivity contribution in [1.82, 2.24) is 15.5 Å². The molecule has 33 heavy (non-hydrogen) atoms. The minimum atomic E-state index is 0. The maximum absolute atomic E-state index is 5.88. The van der Waals surface area contributed by atoms with E-state index in [1.165, 1.54) is 24.0 Å². The third-order valence-corrected chi connectivity index (χ3v) is 6.04. The van der Waals surface area contributed by atoms with Crippen LogP contribution in [0.1, 0.15) is 36.1 Å². The first kappa shape index (κ1) is 26.0. The Morgan fingerprint density at radius 2 is 1.85 bits per heavy atom. The molecule has 2 fully saturated rings. The van der Waals surface area contributed by atoms with Crippen molar-refractivity contribution in [2.45, 2.75) is 44.9 Å². The van der Waals surface area contributed by atoms with Gasteiger partial charge < -0.3 is 24.5 Å². The van der Waals surface area contributed by atoms with Crippen LogP contribution in [0, 0.1) is 0 Å². The summed E-state index contributed by atoms with van der Waals surface area (Å²) >= 11 is 0. The van der Waals surface area contributed by atoms with Crippen molar-refractivity contribution in [2.75, 3.05) is 46.0 Å². The zero-order valence-electron chi connectivity index (χ0n) is 19.3. The fourth-order valence-corrected chi connectivity index (χ4v) is 4.14. The number of benzene rings is 1. The minimum absolute atomic E-state index is 0. The fraction of sp³-hybridized carbons (Fsp3) is 0.560. The lowest BCUT2D eigenvalue weighted by Gasteiger charge is -2.27. The molecule has 7 nitrogen and oxygen atoms in total. The average Bonchev–Trinajstić information content (AvgIpc) is 3.36. The summed E-state index contributed by atoms with van der Waals surface area (Å²) in [7, 11) is 0. The molecule has 2 N–H and O–H groups in total. The molecule has 0 spiro atoms. The summed E-state index contributed by atoms with van der Waals surface area (Å²) in [6.45, 7) is 7.60. The Balaban J connectivity index is 0.00000306. The Kier molecular flexibility index (Phi) is 11.5. The van der Waals surface area contributed by atoms with Gasteiger partial charge in [0.25, 0.3) is 0 Å². The van der Waals surface area contributed by atoms with Crippen LogP contribution in [0.4, 0.5) is 0 Å². The van der Waals surface area contributed by atoms with E-state index in [0.29, 0.717) is 6.54 Å². The van der Waals surface area contributed by atoms with E-state index in [1.54, 1.807) is 6.26 Å². The Bertz CT molecular complexity index is 819. The van der Waals surface area contributed by atoms with E-state index in [4.69, 9.17) is 18.9 Å². The molecule has 1 atom stereocenters. The van der Waals surface area contributed by atoms with Crippen molar-refractivity contribution in [2.24, 2.45) is 4.99 Å². The molecule has 4 rings (SSSR count). The molecular formula is C25H37IN4O3. The number of hydrogen-bond acceptors (Lipinski definition) is 5. The van der Waals surface area contributed by atoms with Gasteiger partial charge in [-0.2, -0.15) is 0 Å². The van der Waals surface area contributed by atoms with Crippen LogP contribution in [0.5, 0.6) is 0 Å². The van der Waals surface area contributed by atoms with Gasteiger partial charge >= 0.3 is 0 Å². The molecule has 2 aliphatic rings. The number of halogens is 1.